The van der Waals surface area contributed by atoms with Gasteiger partial charge in [-0.05, 0) is 46.7 Å². The summed E-state index contributed by atoms with van der Waals surface area (Å²) in [5.74, 6) is 0. The van der Waals surface area contributed by atoms with Gasteiger partial charge in [0.25, 0.3) is 0 Å². The number of carbonyl (C=O) groups excluding carboxylic acids is 1. The van der Waals surface area contributed by atoms with Crippen molar-refractivity contribution in [2.45, 2.75) is 58.0 Å². The summed E-state index contributed by atoms with van der Waals surface area (Å²) >= 11 is 0. The Morgan fingerprint density at radius 2 is 1.84 bits per heavy atom. The van der Waals surface area contributed by atoms with Crippen LogP contribution in [0.1, 0.15) is 57.2 Å². The number of aryl methyl sites for hydroxylation is 1. The number of benzene rings is 2. The second-order valence-corrected chi connectivity index (χ2v) is 9.63. The summed E-state index contributed by atoms with van der Waals surface area (Å²) in [6.07, 6.45) is 4.69. The zero-order chi connectivity index (χ0) is 22.1. The second-order valence-electron chi connectivity index (χ2n) is 9.63. The predicted octanol–water partition coefficient (Wildman–Crippen LogP) is 5.49. The van der Waals surface area contributed by atoms with Crippen molar-refractivity contribution in [2.24, 2.45) is 0 Å². The maximum absolute atomic E-state index is 12.7. The van der Waals surface area contributed by atoms with Gasteiger partial charge in [0.2, 0.25) is 0 Å². The monoisotopic (exact) mass is 419 g/mol. The summed E-state index contributed by atoms with van der Waals surface area (Å²) < 4.78 is 0. The van der Waals surface area contributed by atoms with Crippen LogP contribution in [0.5, 0.6) is 0 Å². The molecule has 2 aromatic carbocycles. The van der Waals surface area contributed by atoms with E-state index in [2.05, 4.69) is 74.9 Å². The van der Waals surface area contributed by atoms with Crippen LogP contribution in [-0.4, -0.2) is 29.6 Å². The number of urea groups is 1. The van der Waals surface area contributed by atoms with Crippen LogP contribution >= 0.6 is 0 Å². The number of nitrogens with one attached hydrogen (secondary N) is 2. The summed E-state index contributed by atoms with van der Waals surface area (Å²) in [5.41, 5.74) is 8.43. The Morgan fingerprint density at radius 3 is 2.48 bits per heavy atom. The highest BCUT2D eigenvalue weighted by molar-refractivity contribution is 5.89. The number of hydrogen-bond acceptors (Lipinski definition) is 3. The molecule has 4 rings (SSSR count). The fraction of sp³-hybridized carbons (Fsp3) is 0.423. The van der Waals surface area contributed by atoms with Crippen LogP contribution in [0.25, 0.3) is 5.70 Å². The summed E-state index contributed by atoms with van der Waals surface area (Å²) in [6, 6.07) is 16.6. The first-order valence-electron chi connectivity index (χ1n) is 11.2. The molecular formula is C26H33N3O2. The summed E-state index contributed by atoms with van der Waals surface area (Å²) in [6.45, 7) is 10.1. The number of hydrogen-bond donors (Lipinski definition) is 2. The maximum atomic E-state index is 12.7. The summed E-state index contributed by atoms with van der Waals surface area (Å²) in [4.78, 5) is 20.6. The molecule has 2 amide bonds. The van der Waals surface area contributed by atoms with Gasteiger partial charge in [0.05, 0.1) is 5.70 Å². The van der Waals surface area contributed by atoms with Gasteiger partial charge >= 0.3 is 6.03 Å². The van der Waals surface area contributed by atoms with E-state index in [1.165, 1.54) is 11.1 Å². The number of likely N-dealkylation sites (tertiary alicyclic amines) is 1. The van der Waals surface area contributed by atoms with Crippen molar-refractivity contribution in [3.05, 3.63) is 71.3 Å². The Kier molecular flexibility index (Phi) is 5.80. The molecule has 2 aromatic rings. The minimum Gasteiger partial charge on any atom is -0.324 e. The first-order chi connectivity index (χ1) is 14.8. The van der Waals surface area contributed by atoms with E-state index in [0.29, 0.717) is 13.1 Å². The standard InChI is InChI=1S/C26H33N3O2/c1-5-19-7-6-8-22(17-19)27-24(30)29-15-13-26(14-16-29)18-23(28-31-26)20-9-11-21(12-10-20)25(2,3)4/h6-12,17-18,28H,5,13-16H2,1-4H3,(H,27,30). The first kappa shape index (κ1) is 21.4. The Balaban J connectivity index is 1.37. The number of nitrogens with zero attached hydrogens (tertiary/aromatic N) is 1. The van der Waals surface area contributed by atoms with E-state index >= 15 is 0 Å². The fourth-order valence-electron chi connectivity index (χ4n) is 4.18. The largest absolute Gasteiger partial charge is 0.324 e. The van der Waals surface area contributed by atoms with Crippen molar-refractivity contribution in [1.82, 2.24) is 10.4 Å². The molecule has 0 aliphatic carbocycles. The highest BCUT2D eigenvalue weighted by Gasteiger charge is 2.40. The molecule has 5 heteroatoms. The minimum absolute atomic E-state index is 0.0453. The molecule has 5 nitrogen and oxygen atoms in total. The quantitative estimate of drug-likeness (QED) is 0.692. The van der Waals surface area contributed by atoms with Crippen LogP contribution in [0.15, 0.2) is 54.6 Å². The summed E-state index contributed by atoms with van der Waals surface area (Å²) in [5, 5.41) is 3.03. The number of carbonyl (C=O) groups is 1. The Labute approximate surface area is 185 Å². The average molecular weight is 420 g/mol. The van der Waals surface area contributed by atoms with E-state index in [1.54, 1.807) is 0 Å². The zero-order valence-corrected chi connectivity index (χ0v) is 19.0. The minimum atomic E-state index is -0.350. The molecule has 0 unspecified atom stereocenters. The third-order valence-electron chi connectivity index (χ3n) is 6.32. The molecule has 0 atom stereocenters. The van der Waals surface area contributed by atoms with Crippen molar-refractivity contribution >= 4 is 17.4 Å². The van der Waals surface area contributed by atoms with Crippen molar-refractivity contribution in [1.29, 1.82) is 0 Å². The highest BCUT2D eigenvalue weighted by Crippen LogP contribution is 2.35. The fourth-order valence-corrected chi connectivity index (χ4v) is 4.18. The van der Waals surface area contributed by atoms with Crippen molar-refractivity contribution in [3.8, 4) is 0 Å². The summed E-state index contributed by atoms with van der Waals surface area (Å²) in [7, 11) is 0. The lowest BCUT2D eigenvalue weighted by molar-refractivity contribution is -0.0634. The lowest BCUT2D eigenvalue weighted by Crippen LogP contribution is -2.48. The Morgan fingerprint density at radius 1 is 1.13 bits per heavy atom. The first-order valence-corrected chi connectivity index (χ1v) is 11.2. The molecule has 31 heavy (non-hydrogen) atoms. The maximum Gasteiger partial charge on any atom is 0.321 e. The van der Waals surface area contributed by atoms with Crippen molar-refractivity contribution in [3.63, 3.8) is 0 Å². The van der Waals surface area contributed by atoms with E-state index in [-0.39, 0.29) is 17.0 Å². The van der Waals surface area contributed by atoms with Crippen LogP contribution in [0.2, 0.25) is 0 Å². The van der Waals surface area contributed by atoms with Crippen LogP contribution in [0, 0.1) is 0 Å². The second kappa shape index (κ2) is 8.39. The van der Waals surface area contributed by atoms with Gasteiger partial charge in [0.15, 0.2) is 0 Å². The van der Waals surface area contributed by atoms with Gasteiger partial charge in [-0.15, -0.1) is 0 Å². The molecule has 2 heterocycles. The van der Waals surface area contributed by atoms with Crippen LogP contribution in [-0.2, 0) is 16.7 Å². The van der Waals surface area contributed by atoms with E-state index < -0.39 is 0 Å². The molecular weight excluding hydrogens is 386 g/mol. The van der Waals surface area contributed by atoms with E-state index in [0.717, 1.165) is 36.2 Å². The number of anilines is 1. The lowest BCUT2D eigenvalue weighted by Gasteiger charge is -2.36. The number of piperidine rings is 1. The normalized spacial score (nSPS) is 17.9. The molecule has 1 fully saturated rings. The van der Waals surface area contributed by atoms with Gasteiger partial charge in [0.1, 0.15) is 5.60 Å². The lowest BCUT2D eigenvalue weighted by atomic mass is 9.86. The molecule has 2 N–H and O–H groups in total. The van der Waals surface area contributed by atoms with Crippen LogP contribution in [0.3, 0.4) is 0 Å². The van der Waals surface area contributed by atoms with E-state index in [1.807, 2.05) is 23.1 Å². The highest BCUT2D eigenvalue weighted by atomic mass is 16.7. The average Bonchev–Trinajstić information content (AvgIpc) is 3.17. The van der Waals surface area contributed by atoms with Gasteiger partial charge in [0, 0.05) is 31.6 Å². The number of rotatable bonds is 3. The van der Waals surface area contributed by atoms with Crippen LogP contribution in [0.4, 0.5) is 10.5 Å². The topological polar surface area (TPSA) is 53.6 Å². The van der Waals surface area contributed by atoms with Crippen molar-refractivity contribution < 1.29 is 9.63 Å². The van der Waals surface area contributed by atoms with Crippen molar-refractivity contribution in [2.75, 3.05) is 18.4 Å². The molecule has 1 saturated heterocycles. The van der Waals surface area contributed by atoms with Gasteiger partial charge in [-0.1, -0.05) is 64.1 Å². The number of amides is 2. The smallest absolute Gasteiger partial charge is 0.321 e. The molecule has 0 saturated carbocycles. The third kappa shape index (κ3) is 4.77. The van der Waals surface area contributed by atoms with E-state index in [4.69, 9.17) is 4.84 Å². The number of hydroxylamine groups is 1. The van der Waals surface area contributed by atoms with Gasteiger partial charge in [-0.2, -0.15) is 0 Å². The Hall–Kier alpha value is -2.79. The van der Waals surface area contributed by atoms with Gasteiger partial charge in [-0.25, -0.2) is 4.79 Å². The molecule has 164 valence electrons. The Bertz CT molecular complexity index is 965. The molecule has 2 aliphatic heterocycles. The zero-order valence-electron chi connectivity index (χ0n) is 19.0. The SMILES string of the molecule is CCc1cccc(NC(=O)N2CCC3(C=C(c4ccc(C(C)(C)C)cc4)NO3)CC2)c1. The molecule has 0 aromatic heterocycles. The third-order valence-corrected chi connectivity index (χ3v) is 6.32. The van der Waals surface area contributed by atoms with Gasteiger partial charge < -0.3 is 10.2 Å². The molecule has 1 spiro atoms. The van der Waals surface area contributed by atoms with E-state index in [9.17, 15) is 4.79 Å². The molecule has 0 bridgehead atoms. The molecule has 0 radical (unpaired) electrons. The molecule has 2 aliphatic rings. The van der Waals surface area contributed by atoms with Crippen LogP contribution < -0.4 is 10.8 Å². The predicted molar refractivity (Wildman–Crippen MR) is 126 cm³/mol. The van der Waals surface area contributed by atoms with Gasteiger partial charge in [-0.3, -0.25) is 10.3 Å².